The second kappa shape index (κ2) is 6.83. The third-order valence-corrected chi connectivity index (χ3v) is 4.67. The van der Waals surface area contributed by atoms with E-state index in [1.54, 1.807) is 19.4 Å². The number of hydrogen-bond acceptors (Lipinski definition) is 6. The van der Waals surface area contributed by atoms with Crippen molar-refractivity contribution >= 4 is 22.4 Å². The van der Waals surface area contributed by atoms with Gasteiger partial charge in [0.1, 0.15) is 22.4 Å². The van der Waals surface area contributed by atoms with Gasteiger partial charge in [-0.25, -0.2) is 19.7 Å². The molecule has 0 spiro atoms. The highest BCUT2D eigenvalue weighted by Crippen LogP contribution is 2.33. The van der Waals surface area contributed by atoms with Crippen molar-refractivity contribution < 1.29 is 9.53 Å². The Bertz CT molecular complexity index is 642. The molecule has 22 heavy (non-hydrogen) atoms. The molecule has 1 unspecified atom stereocenters. The van der Waals surface area contributed by atoms with Crippen LogP contribution in [0.2, 0.25) is 0 Å². The molecule has 0 aliphatic carbocycles. The van der Waals surface area contributed by atoms with Crippen molar-refractivity contribution in [3.05, 3.63) is 24.4 Å². The summed E-state index contributed by atoms with van der Waals surface area (Å²) in [6.45, 7) is 7.80. The fourth-order valence-corrected chi connectivity index (χ4v) is 2.68. The van der Waals surface area contributed by atoms with Crippen LogP contribution in [-0.2, 0) is 4.74 Å². The number of anilines is 1. The maximum atomic E-state index is 12.2. The van der Waals surface area contributed by atoms with Crippen LogP contribution < -0.4 is 4.90 Å². The van der Waals surface area contributed by atoms with E-state index < -0.39 is 0 Å². The number of aromatic nitrogens is 3. The molecule has 2 aromatic heterocycles. The molecule has 0 fully saturated rings. The van der Waals surface area contributed by atoms with Gasteiger partial charge >= 0.3 is 6.09 Å². The molecular weight excluding hydrogens is 300 g/mol. The Morgan fingerprint density at radius 3 is 2.50 bits per heavy atom. The molecule has 2 aromatic rings. The molecule has 7 heteroatoms. The van der Waals surface area contributed by atoms with Gasteiger partial charge in [0.2, 0.25) is 0 Å². The predicted octanol–water partition coefficient (Wildman–Crippen LogP) is 3.53. The minimum absolute atomic E-state index is 0.134. The third kappa shape index (κ3) is 3.59. The second-order valence-electron chi connectivity index (χ2n) is 5.43. The fraction of sp³-hybridized carbons (Fsp3) is 0.467. The van der Waals surface area contributed by atoms with Crippen LogP contribution in [0.15, 0.2) is 18.7 Å². The summed E-state index contributed by atoms with van der Waals surface area (Å²) >= 11 is 1.42. The molecule has 0 aliphatic heterocycles. The Balaban J connectivity index is 2.19. The first-order valence-corrected chi connectivity index (χ1v) is 7.89. The van der Waals surface area contributed by atoms with E-state index in [-0.39, 0.29) is 18.1 Å². The maximum Gasteiger partial charge on any atom is 0.414 e. The van der Waals surface area contributed by atoms with Crippen LogP contribution in [0.5, 0.6) is 0 Å². The van der Waals surface area contributed by atoms with Crippen molar-refractivity contribution in [2.24, 2.45) is 5.92 Å². The van der Waals surface area contributed by atoms with E-state index in [1.807, 2.05) is 27.7 Å². The quantitative estimate of drug-likeness (QED) is 0.862. The lowest BCUT2D eigenvalue weighted by Gasteiger charge is -2.21. The van der Waals surface area contributed by atoms with Crippen LogP contribution in [0.3, 0.4) is 0 Å². The summed E-state index contributed by atoms with van der Waals surface area (Å²) in [7, 11) is 1.70. The molecule has 0 radical (unpaired) electrons. The molecule has 118 valence electrons. The monoisotopic (exact) mass is 320 g/mol. The highest BCUT2D eigenvalue weighted by molar-refractivity contribution is 7.19. The number of thiazole rings is 1. The summed E-state index contributed by atoms with van der Waals surface area (Å²) < 4.78 is 5.44. The Hall–Kier alpha value is -2.02. The van der Waals surface area contributed by atoms with Crippen LogP contribution in [0.25, 0.3) is 10.6 Å². The van der Waals surface area contributed by atoms with Crippen LogP contribution in [0, 0.1) is 12.8 Å². The third-order valence-electron chi connectivity index (χ3n) is 3.38. The van der Waals surface area contributed by atoms with E-state index in [1.165, 1.54) is 22.6 Å². The molecule has 1 atom stereocenters. The highest BCUT2D eigenvalue weighted by Gasteiger charge is 2.22. The van der Waals surface area contributed by atoms with Gasteiger partial charge in [-0.3, -0.25) is 4.90 Å². The van der Waals surface area contributed by atoms with E-state index in [0.717, 1.165) is 21.3 Å². The topological polar surface area (TPSA) is 68.2 Å². The van der Waals surface area contributed by atoms with Crippen LogP contribution in [-0.4, -0.2) is 34.2 Å². The molecule has 0 bridgehead atoms. The zero-order valence-electron chi connectivity index (χ0n) is 13.4. The van der Waals surface area contributed by atoms with Gasteiger partial charge < -0.3 is 4.74 Å². The Labute approximate surface area is 134 Å². The molecule has 0 saturated carbocycles. The number of nitrogens with zero attached hydrogens (tertiary/aromatic N) is 4. The molecule has 0 aromatic carbocycles. The minimum atomic E-state index is -0.371. The molecular formula is C15H20N4O2S. The second-order valence-corrected chi connectivity index (χ2v) is 6.41. The van der Waals surface area contributed by atoms with Crippen LogP contribution >= 0.6 is 11.3 Å². The van der Waals surface area contributed by atoms with E-state index >= 15 is 0 Å². The summed E-state index contributed by atoms with van der Waals surface area (Å²) in [5.41, 5.74) is 1.61. The van der Waals surface area contributed by atoms with E-state index in [0.29, 0.717) is 0 Å². The van der Waals surface area contributed by atoms with Crippen molar-refractivity contribution in [2.45, 2.75) is 33.8 Å². The predicted molar refractivity (Wildman–Crippen MR) is 87.1 cm³/mol. The van der Waals surface area contributed by atoms with Gasteiger partial charge in [-0.15, -0.1) is 0 Å². The number of aryl methyl sites for hydroxylation is 1. The normalized spacial score (nSPS) is 12.3. The van der Waals surface area contributed by atoms with Crippen LogP contribution in [0.4, 0.5) is 9.80 Å². The van der Waals surface area contributed by atoms with Crippen LogP contribution in [0.1, 0.15) is 26.5 Å². The molecule has 6 nitrogen and oxygen atoms in total. The summed E-state index contributed by atoms with van der Waals surface area (Å²) in [5, 5.41) is 1.55. The lowest BCUT2D eigenvalue weighted by Crippen LogP contribution is -2.31. The average Bonchev–Trinajstić information content (AvgIpc) is 2.89. The van der Waals surface area contributed by atoms with E-state index in [2.05, 4.69) is 15.0 Å². The standard InChI is InChI=1S/C15H20N4O2S/c1-9(2)11(4)21-15(20)19(5)14-10(3)18-13(22-14)12-6-16-8-17-7-12/h6-9,11H,1-5H3. The first kappa shape index (κ1) is 16.4. The SMILES string of the molecule is Cc1nc(-c2cncnc2)sc1N(C)C(=O)OC(C)C(C)C. The first-order valence-electron chi connectivity index (χ1n) is 7.07. The van der Waals surface area contributed by atoms with Gasteiger partial charge in [-0.1, -0.05) is 25.2 Å². The van der Waals surface area contributed by atoms with E-state index in [4.69, 9.17) is 4.74 Å². The number of carbonyl (C=O) groups is 1. The largest absolute Gasteiger partial charge is 0.446 e. The zero-order valence-corrected chi connectivity index (χ0v) is 14.2. The fourth-order valence-electron chi connectivity index (χ4n) is 1.69. The van der Waals surface area contributed by atoms with Crippen molar-refractivity contribution in [1.82, 2.24) is 15.0 Å². The molecule has 0 saturated heterocycles. The number of hydrogen-bond donors (Lipinski definition) is 0. The van der Waals surface area contributed by atoms with E-state index in [9.17, 15) is 4.79 Å². The number of carbonyl (C=O) groups excluding carboxylic acids is 1. The van der Waals surface area contributed by atoms with Crippen molar-refractivity contribution in [3.63, 3.8) is 0 Å². The first-order chi connectivity index (χ1) is 10.4. The summed E-state index contributed by atoms with van der Waals surface area (Å²) in [5.74, 6) is 0.275. The summed E-state index contributed by atoms with van der Waals surface area (Å²) in [4.78, 5) is 26.2. The lowest BCUT2D eigenvalue weighted by molar-refractivity contribution is 0.0891. The zero-order chi connectivity index (χ0) is 16.3. The Kier molecular flexibility index (Phi) is 5.07. The number of ether oxygens (including phenoxy) is 1. The molecule has 0 aliphatic rings. The van der Waals surface area contributed by atoms with Crippen molar-refractivity contribution in [1.29, 1.82) is 0 Å². The van der Waals surface area contributed by atoms with Gasteiger partial charge in [0.05, 0.1) is 5.69 Å². The minimum Gasteiger partial charge on any atom is -0.446 e. The smallest absolute Gasteiger partial charge is 0.414 e. The number of amides is 1. The van der Waals surface area contributed by atoms with Gasteiger partial charge in [0.15, 0.2) is 0 Å². The number of rotatable bonds is 4. The van der Waals surface area contributed by atoms with Crippen molar-refractivity contribution in [2.75, 3.05) is 11.9 Å². The maximum absolute atomic E-state index is 12.2. The van der Waals surface area contributed by atoms with Gasteiger partial charge in [0, 0.05) is 25.0 Å². The highest BCUT2D eigenvalue weighted by atomic mass is 32.1. The summed E-state index contributed by atoms with van der Waals surface area (Å²) in [6.07, 6.45) is 4.37. The molecule has 2 heterocycles. The average molecular weight is 320 g/mol. The molecule has 1 amide bonds. The lowest BCUT2D eigenvalue weighted by atomic mass is 10.1. The Morgan fingerprint density at radius 1 is 1.27 bits per heavy atom. The Morgan fingerprint density at radius 2 is 1.91 bits per heavy atom. The van der Waals surface area contributed by atoms with Gasteiger partial charge in [-0.2, -0.15) is 0 Å². The van der Waals surface area contributed by atoms with Crippen molar-refractivity contribution in [3.8, 4) is 10.6 Å². The summed E-state index contributed by atoms with van der Waals surface area (Å²) in [6, 6.07) is 0. The van der Waals surface area contributed by atoms with Gasteiger partial charge in [-0.05, 0) is 19.8 Å². The molecule has 0 N–H and O–H groups in total. The molecule has 2 rings (SSSR count). The van der Waals surface area contributed by atoms with Gasteiger partial charge in [0.25, 0.3) is 0 Å².